The zero-order valence-electron chi connectivity index (χ0n) is 35.0. The Morgan fingerprint density at radius 2 is 0.545 bits per heavy atom. The minimum absolute atomic E-state index is 0.424. The Labute approximate surface area is 374 Å². The molecule has 0 saturated carbocycles. The van der Waals surface area contributed by atoms with Crippen LogP contribution in [0.5, 0.6) is 0 Å². The van der Waals surface area contributed by atoms with Crippen LogP contribution >= 0.6 is 0 Å². The van der Waals surface area contributed by atoms with Crippen LogP contribution < -0.4 is 5.73 Å². The van der Waals surface area contributed by atoms with Crippen LogP contribution in [0, 0.1) is 0 Å². The molecule has 30 heteroatoms. The lowest BCUT2D eigenvalue weighted by molar-refractivity contribution is -0.254. The summed E-state index contributed by atoms with van der Waals surface area (Å²) in [7, 11) is 0. The molecular formula is C36H63NO29. The normalized spacial score (nSPS) is 36.9. The molecule has 13 unspecified atom stereocenters. The highest BCUT2D eigenvalue weighted by Gasteiger charge is 2.37. The minimum atomic E-state index is -2.78. The Kier molecular flexibility index (Phi) is 27.5. The van der Waals surface area contributed by atoms with Gasteiger partial charge in [0, 0.05) is 52.1 Å². The Morgan fingerprint density at radius 3 is 0.788 bits per heavy atom. The van der Waals surface area contributed by atoms with Crippen molar-refractivity contribution in [2.45, 2.75) is 113 Å². The Bertz CT molecular complexity index is 1590. The highest BCUT2D eigenvalue weighted by Crippen LogP contribution is 2.27. The Hall–Kier alpha value is -4.10. The van der Waals surface area contributed by atoms with Gasteiger partial charge in [0.05, 0.1) is 19.8 Å². The first-order valence-corrected chi connectivity index (χ1v) is 19.7. The van der Waals surface area contributed by atoms with Crippen molar-refractivity contribution in [2.24, 2.45) is 5.73 Å². The van der Waals surface area contributed by atoms with Crippen LogP contribution in [-0.2, 0) is 33.2 Å². The van der Waals surface area contributed by atoms with Crippen molar-refractivity contribution in [1.82, 2.24) is 0 Å². The van der Waals surface area contributed by atoms with Crippen LogP contribution in [0.15, 0.2) is 57.6 Å². The van der Waals surface area contributed by atoms with E-state index in [1.54, 1.807) is 0 Å². The van der Waals surface area contributed by atoms with Crippen LogP contribution in [0.4, 0.5) is 0 Å². The fourth-order valence-corrected chi connectivity index (χ4v) is 5.53. The molecule has 0 radical (unpaired) electrons. The number of aliphatic hydroxyl groups is 22. The molecule has 13 atom stereocenters. The van der Waals surface area contributed by atoms with E-state index in [4.69, 9.17) is 38.9 Å². The number of nitrogens with two attached hydrogens (primary N) is 1. The molecule has 0 aromatic carbocycles. The van der Waals surface area contributed by atoms with E-state index < -0.39 is 223 Å². The van der Waals surface area contributed by atoms with Crippen LogP contribution in [0.3, 0.4) is 0 Å². The molecule has 0 spiro atoms. The lowest BCUT2D eigenvalue weighted by Gasteiger charge is -2.31. The van der Waals surface area contributed by atoms with Crippen LogP contribution in [0.1, 0.15) is 32.1 Å². The molecule has 0 fully saturated rings. The molecule has 1 aliphatic heterocycles. The van der Waals surface area contributed by atoms with Gasteiger partial charge in [-0.05, 0) is 13.0 Å². The standard InChI is InChI=1S/C36H63NO29/c37-6-1-14-22(45)27(50)36(59)66-20(12-43)19(11-42)61-21(13-44)60-15(2-7-38)23(46)28(51)33(56)63-17(4-9-40)25(48)30(53)35(58)65-18(5-10-41)26(49)31(54)34(57)64-16(3-8-39)24(47)29(52)32(55)62-14/h14-21,32-36,38-59H,1-13,37H2/b27-22?,28-23-,29-24-,30-25+,31-26-. The number of ether oxygens (including phenoxy) is 7. The first kappa shape index (κ1) is 59.9. The van der Waals surface area contributed by atoms with Gasteiger partial charge >= 0.3 is 0 Å². The molecule has 386 valence electrons. The monoisotopic (exact) mass is 973 g/mol. The van der Waals surface area contributed by atoms with E-state index in [2.05, 4.69) is 0 Å². The van der Waals surface area contributed by atoms with Gasteiger partial charge in [0.25, 0.3) is 0 Å². The molecule has 1 heterocycles. The topological polar surface area (TPSA) is 536 Å². The summed E-state index contributed by atoms with van der Waals surface area (Å²) in [6, 6.07) is 0. The van der Waals surface area contributed by atoms with E-state index in [0.29, 0.717) is 0 Å². The van der Waals surface area contributed by atoms with Gasteiger partial charge in [-0.25, -0.2) is 0 Å². The molecule has 24 N–H and O–H groups in total. The van der Waals surface area contributed by atoms with Crippen molar-refractivity contribution in [1.29, 1.82) is 0 Å². The van der Waals surface area contributed by atoms with Gasteiger partial charge in [0.1, 0.15) is 42.7 Å². The minimum Gasteiger partial charge on any atom is -0.506 e. The van der Waals surface area contributed by atoms with Crippen LogP contribution in [0.2, 0.25) is 0 Å². The van der Waals surface area contributed by atoms with E-state index >= 15 is 0 Å². The van der Waals surface area contributed by atoms with Gasteiger partial charge in [-0.2, -0.15) is 0 Å². The average molecular weight is 974 g/mol. The lowest BCUT2D eigenvalue weighted by atomic mass is 10.1. The first-order chi connectivity index (χ1) is 31.1. The SMILES string of the molecule is NCCC1OC(O)/C(O)=C(/O)C(CCO)OC(O)/C(O)=C(/O)C(CCO)OC(O)/C(O)=C(\O)C(CCO)OC(O)/C(O)=C(/O)C(CCO)OC(CO)OC(CO)C(CO)OC(O)C(O)=C1O. The maximum absolute atomic E-state index is 10.8. The van der Waals surface area contributed by atoms with Crippen molar-refractivity contribution in [3.05, 3.63) is 57.6 Å². The van der Waals surface area contributed by atoms with E-state index in [9.17, 15) is 112 Å². The predicted octanol–water partition coefficient (Wildman–Crippen LogP) is -4.89. The summed E-state index contributed by atoms with van der Waals surface area (Å²) in [6.45, 7) is -7.56. The maximum atomic E-state index is 10.8. The molecule has 0 aliphatic carbocycles. The summed E-state index contributed by atoms with van der Waals surface area (Å²) < 4.78 is 36.0. The second-order valence-electron chi connectivity index (χ2n) is 13.7. The average Bonchev–Trinajstić information content (AvgIpc) is 3.30. The number of rotatable bonds is 13. The number of hydrogen-bond acceptors (Lipinski definition) is 30. The summed E-state index contributed by atoms with van der Waals surface area (Å²) in [5.41, 5.74) is 5.52. The molecule has 0 aromatic rings. The number of aliphatic hydroxyl groups excluding tert-OH is 22. The fraction of sp³-hybridized carbons (Fsp3) is 0.722. The molecule has 0 bridgehead atoms. The highest BCUT2D eigenvalue weighted by atomic mass is 16.7. The van der Waals surface area contributed by atoms with Crippen molar-refractivity contribution in [2.75, 3.05) is 52.8 Å². The summed E-state index contributed by atoms with van der Waals surface area (Å²) in [5, 5.41) is 228. The zero-order valence-corrected chi connectivity index (χ0v) is 35.0. The fourth-order valence-electron chi connectivity index (χ4n) is 5.53. The molecule has 30 nitrogen and oxygen atoms in total. The quantitative estimate of drug-likeness (QED) is 0.0822. The molecule has 0 saturated heterocycles. The van der Waals surface area contributed by atoms with Gasteiger partial charge in [-0.15, -0.1) is 0 Å². The zero-order chi connectivity index (χ0) is 50.4. The van der Waals surface area contributed by atoms with Crippen LogP contribution in [0.25, 0.3) is 0 Å². The van der Waals surface area contributed by atoms with Gasteiger partial charge < -0.3 is 151 Å². The van der Waals surface area contributed by atoms with Crippen molar-refractivity contribution in [3.63, 3.8) is 0 Å². The molecule has 66 heavy (non-hydrogen) atoms. The van der Waals surface area contributed by atoms with Crippen molar-refractivity contribution in [3.8, 4) is 0 Å². The van der Waals surface area contributed by atoms with Crippen LogP contribution in [-0.4, -0.2) is 246 Å². The first-order valence-electron chi connectivity index (χ1n) is 19.7. The third-order valence-electron chi connectivity index (χ3n) is 9.04. The molecular weight excluding hydrogens is 910 g/mol. The van der Waals surface area contributed by atoms with Gasteiger partial charge in [0.15, 0.2) is 63.9 Å². The summed E-state index contributed by atoms with van der Waals surface area (Å²) in [6.07, 6.45) is -33.4. The highest BCUT2D eigenvalue weighted by molar-refractivity contribution is 5.14. The van der Waals surface area contributed by atoms with Gasteiger partial charge in [-0.1, -0.05) is 0 Å². The second-order valence-corrected chi connectivity index (χ2v) is 13.7. The Morgan fingerprint density at radius 1 is 0.303 bits per heavy atom. The molecule has 0 aromatic heterocycles. The van der Waals surface area contributed by atoms with Gasteiger partial charge in [0.2, 0.25) is 31.5 Å². The van der Waals surface area contributed by atoms with E-state index in [1.807, 2.05) is 0 Å². The smallest absolute Gasteiger partial charge is 0.218 e. The number of hydrogen-bond donors (Lipinski definition) is 23. The maximum Gasteiger partial charge on any atom is 0.218 e. The van der Waals surface area contributed by atoms with E-state index in [1.165, 1.54) is 0 Å². The van der Waals surface area contributed by atoms with Crippen molar-refractivity contribution < 1.29 is 146 Å². The second kappa shape index (κ2) is 30.3. The van der Waals surface area contributed by atoms with E-state index in [0.717, 1.165) is 0 Å². The molecule has 1 rings (SSSR count). The predicted molar refractivity (Wildman–Crippen MR) is 211 cm³/mol. The summed E-state index contributed by atoms with van der Waals surface area (Å²) in [4.78, 5) is 0. The van der Waals surface area contributed by atoms with E-state index in [-0.39, 0.29) is 0 Å². The Balaban J connectivity index is 4.06. The third kappa shape index (κ3) is 17.5. The van der Waals surface area contributed by atoms with Gasteiger partial charge in [-0.3, -0.25) is 0 Å². The molecule has 0 amide bonds. The summed E-state index contributed by atoms with van der Waals surface area (Å²) in [5.74, 6) is -15.0. The van der Waals surface area contributed by atoms with Crippen molar-refractivity contribution >= 4 is 0 Å². The lowest BCUT2D eigenvalue weighted by Crippen LogP contribution is -2.45. The largest absolute Gasteiger partial charge is 0.506 e. The summed E-state index contributed by atoms with van der Waals surface area (Å²) >= 11 is 0. The molecule has 1 aliphatic rings. The third-order valence-corrected chi connectivity index (χ3v) is 9.04.